The van der Waals surface area contributed by atoms with Gasteiger partial charge in [-0.3, -0.25) is 0 Å². The van der Waals surface area contributed by atoms with Crippen molar-refractivity contribution in [1.82, 2.24) is 19.7 Å². The lowest BCUT2D eigenvalue weighted by atomic mass is 10.3. The van der Waals surface area contributed by atoms with Crippen LogP contribution >= 0.6 is 34.8 Å². The molecule has 0 saturated heterocycles. The predicted octanol–water partition coefficient (Wildman–Crippen LogP) is 3.78. The summed E-state index contributed by atoms with van der Waals surface area (Å²) < 4.78 is 1.63. The van der Waals surface area contributed by atoms with Gasteiger partial charge in [-0.25, -0.2) is 9.67 Å². The first kappa shape index (κ1) is 11.7. The van der Waals surface area contributed by atoms with Gasteiger partial charge in [-0.1, -0.05) is 23.2 Å². The Labute approximate surface area is 117 Å². The minimum atomic E-state index is 0.171. The van der Waals surface area contributed by atoms with Gasteiger partial charge < -0.3 is 0 Å². The number of nitrogens with zero attached hydrogens (tertiary/aromatic N) is 4. The first-order chi connectivity index (χ1) is 8.65. The minimum absolute atomic E-state index is 0.171. The maximum atomic E-state index is 5.98. The Bertz CT molecular complexity index is 738. The van der Waals surface area contributed by atoms with Crippen LogP contribution in [0.25, 0.3) is 16.7 Å². The molecule has 0 radical (unpaired) electrons. The summed E-state index contributed by atoms with van der Waals surface area (Å²) in [7, 11) is 0. The summed E-state index contributed by atoms with van der Waals surface area (Å²) in [6, 6.07) is 5.22. The molecule has 0 saturated carbocycles. The number of halogens is 3. The number of benzene rings is 1. The molecule has 1 aromatic carbocycles. The van der Waals surface area contributed by atoms with Gasteiger partial charge in [0.05, 0.1) is 27.3 Å². The zero-order valence-corrected chi connectivity index (χ0v) is 11.1. The van der Waals surface area contributed by atoms with Gasteiger partial charge in [0.15, 0.2) is 5.65 Å². The Hall–Kier alpha value is -1.36. The van der Waals surface area contributed by atoms with E-state index in [1.54, 1.807) is 35.3 Å². The van der Waals surface area contributed by atoms with Gasteiger partial charge >= 0.3 is 0 Å². The van der Waals surface area contributed by atoms with Crippen LogP contribution < -0.4 is 0 Å². The Morgan fingerprint density at radius 1 is 1.00 bits per heavy atom. The smallest absolute Gasteiger partial charge is 0.224 e. The van der Waals surface area contributed by atoms with Gasteiger partial charge in [0.25, 0.3) is 0 Å². The molecule has 90 valence electrons. The van der Waals surface area contributed by atoms with Gasteiger partial charge in [-0.05, 0) is 29.8 Å². The van der Waals surface area contributed by atoms with E-state index in [2.05, 4.69) is 15.1 Å². The van der Waals surface area contributed by atoms with Crippen LogP contribution in [0.1, 0.15) is 0 Å². The fraction of sp³-hybridized carbons (Fsp3) is 0. The Morgan fingerprint density at radius 3 is 2.61 bits per heavy atom. The standard InChI is InChI=1S/C11H5Cl3N4/c12-8-2-1-7(3-9(8)13)18-10-6(5-16-18)4-15-11(14)17-10/h1-5H. The average Bonchev–Trinajstić information content (AvgIpc) is 2.75. The van der Waals surface area contributed by atoms with Crippen molar-refractivity contribution in [2.45, 2.75) is 0 Å². The van der Waals surface area contributed by atoms with Crippen LogP contribution in [0.15, 0.2) is 30.6 Å². The molecule has 0 unspecified atom stereocenters. The fourth-order valence-corrected chi connectivity index (χ4v) is 2.02. The summed E-state index contributed by atoms with van der Waals surface area (Å²) in [5.41, 5.74) is 1.38. The molecule has 0 aliphatic carbocycles. The molecular weight excluding hydrogens is 295 g/mol. The first-order valence-electron chi connectivity index (χ1n) is 4.97. The molecule has 4 nitrogen and oxygen atoms in total. The van der Waals surface area contributed by atoms with Crippen molar-refractivity contribution >= 4 is 45.8 Å². The highest BCUT2D eigenvalue weighted by atomic mass is 35.5. The predicted molar refractivity (Wildman–Crippen MR) is 71.7 cm³/mol. The van der Waals surface area contributed by atoms with E-state index >= 15 is 0 Å². The lowest BCUT2D eigenvalue weighted by molar-refractivity contribution is 0.895. The van der Waals surface area contributed by atoms with E-state index in [0.29, 0.717) is 15.7 Å². The SMILES string of the molecule is Clc1ncc2cnn(-c3ccc(Cl)c(Cl)c3)c2n1. The van der Waals surface area contributed by atoms with Crippen LogP contribution in [-0.4, -0.2) is 19.7 Å². The normalized spacial score (nSPS) is 11.1. The number of fused-ring (bicyclic) bond motifs is 1. The maximum absolute atomic E-state index is 5.98. The zero-order chi connectivity index (χ0) is 12.7. The molecule has 18 heavy (non-hydrogen) atoms. The molecule has 0 amide bonds. The number of hydrogen-bond acceptors (Lipinski definition) is 3. The Balaban J connectivity index is 2.24. The fourth-order valence-electron chi connectivity index (χ4n) is 1.60. The highest BCUT2D eigenvalue weighted by Gasteiger charge is 2.09. The third-order valence-corrected chi connectivity index (χ3v) is 3.35. The third-order valence-electron chi connectivity index (χ3n) is 2.43. The van der Waals surface area contributed by atoms with Crippen molar-refractivity contribution in [2.75, 3.05) is 0 Å². The van der Waals surface area contributed by atoms with Crippen LogP contribution in [-0.2, 0) is 0 Å². The Kier molecular flexibility index (Phi) is 2.86. The summed E-state index contributed by atoms with van der Waals surface area (Å²) in [5.74, 6) is 0. The van der Waals surface area contributed by atoms with Crippen LogP contribution in [0.3, 0.4) is 0 Å². The van der Waals surface area contributed by atoms with Gasteiger partial charge in [0.1, 0.15) is 0 Å². The van der Waals surface area contributed by atoms with Crippen LogP contribution in [0, 0.1) is 0 Å². The van der Waals surface area contributed by atoms with Gasteiger partial charge in [-0.15, -0.1) is 0 Å². The molecule has 0 aliphatic heterocycles. The molecule has 0 spiro atoms. The van der Waals surface area contributed by atoms with Gasteiger partial charge in [0, 0.05) is 6.20 Å². The van der Waals surface area contributed by atoms with E-state index in [-0.39, 0.29) is 5.28 Å². The van der Waals surface area contributed by atoms with E-state index in [4.69, 9.17) is 34.8 Å². The molecule has 3 aromatic rings. The summed E-state index contributed by atoms with van der Waals surface area (Å²) >= 11 is 17.6. The van der Waals surface area contributed by atoms with Crippen molar-refractivity contribution in [3.05, 3.63) is 45.9 Å². The Morgan fingerprint density at radius 2 is 1.83 bits per heavy atom. The van der Waals surface area contributed by atoms with E-state index in [9.17, 15) is 0 Å². The van der Waals surface area contributed by atoms with Crippen molar-refractivity contribution in [3.63, 3.8) is 0 Å². The molecule has 0 atom stereocenters. The lowest BCUT2D eigenvalue weighted by Gasteiger charge is -2.04. The van der Waals surface area contributed by atoms with Crippen LogP contribution in [0.5, 0.6) is 0 Å². The highest BCUT2D eigenvalue weighted by Crippen LogP contribution is 2.25. The third kappa shape index (κ3) is 1.92. The van der Waals surface area contributed by atoms with Gasteiger partial charge in [-0.2, -0.15) is 10.1 Å². The molecule has 7 heteroatoms. The zero-order valence-electron chi connectivity index (χ0n) is 8.81. The first-order valence-corrected chi connectivity index (χ1v) is 6.10. The molecule has 0 bridgehead atoms. The van der Waals surface area contributed by atoms with E-state index in [1.165, 1.54) is 0 Å². The second-order valence-corrected chi connectivity index (χ2v) is 4.73. The molecule has 0 fully saturated rings. The largest absolute Gasteiger partial charge is 0.226 e. The topological polar surface area (TPSA) is 43.6 Å². The van der Waals surface area contributed by atoms with Crippen molar-refractivity contribution in [3.8, 4) is 5.69 Å². The minimum Gasteiger partial charge on any atom is -0.226 e. The summed E-state index contributed by atoms with van der Waals surface area (Å²) in [6.07, 6.45) is 3.28. The summed E-state index contributed by atoms with van der Waals surface area (Å²) in [5, 5.41) is 6.15. The molecule has 3 rings (SSSR count). The molecular formula is C11H5Cl3N4. The molecule has 0 aliphatic rings. The number of hydrogen-bond donors (Lipinski definition) is 0. The molecule has 2 aromatic heterocycles. The lowest BCUT2D eigenvalue weighted by Crippen LogP contribution is -1.98. The van der Waals surface area contributed by atoms with E-state index < -0.39 is 0 Å². The number of rotatable bonds is 1. The van der Waals surface area contributed by atoms with Crippen molar-refractivity contribution < 1.29 is 0 Å². The number of aromatic nitrogens is 4. The van der Waals surface area contributed by atoms with Gasteiger partial charge in [0.2, 0.25) is 5.28 Å². The van der Waals surface area contributed by atoms with Crippen LogP contribution in [0.2, 0.25) is 15.3 Å². The van der Waals surface area contributed by atoms with E-state index in [0.717, 1.165) is 11.1 Å². The molecule has 0 N–H and O–H groups in total. The van der Waals surface area contributed by atoms with Crippen molar-refractivity contribution in [2.24, 2.45) is 0 Å². The second kappa shape index (κ2) is 4.39. The summed E-state index contributed by atoms with van der Waals surface area (Å²) in [4.78, 5) is 8.04. The average molecular weight is 300 g/mol. The maximum Gasteiger partial charge on any atom is 0.224 e. The highest BCUT2D eigenvalue weighted by molar-refractivity contribution is 6.42. The molecule has 2 heterocycles. The van der Waals surface area contributed by atoms with Crippen LogP contribution in [0.4, 0.5) is 0 Å². The van der Waals surface area contributed by atoms with Crippen molar-refractivity contribution in [1.29, 1.82) is 0 Å². The van der Waals surface area contributed by atoms with E-state index in [1.807, 2.05) is 0 Å². The monoisotopic (exact) mass is 298 g/mol. The second-order valence-electron chi connectivity index (χ2n) is 3.57. The quantitative estimate of drug-likeness (QED) is 0.642. The summed E-state index contributed by atoms with van der Waals surface area (Å²) in [6.45, 7) is 0.